The molecule has 7 heteroatoms. The minimum atomic E-state index is -2.93. The normalized spacial score (nSPS) is 10.6. The lowest BCUT2D eigenvalue weighted by molar-refractivity contribution is -0.387. The standard InChI is InChI=1S/C7H5F2IN2O2/c1-3-2-4(10)6(12(13)14)5(11-3)7(8)9/h2,7H,1H3. The van der Waals surface area contributed by atoms with E-state index < -0.39 is 22.7 Å². The lowest BCUT2D eigenvalue weighted by atomic mass is 10.2. The van der Waals surface area contributed by atoms with Crippen molar-refractivity contribution in [2.45, 2.75) is 13.3 Å². The number of hydrogen-bond donors (Lipinski definition) is 0. The Morgan fingerprint density at radius 3 is 2.64 bits per heavy atom. The van der Waals surface area contributed by atoms with Gasteiger partial charge in [-0.05, 0) is 35.6 Å². The van der Waals surface area contributed by atoms with E-state index in [-0.39, 0.29) is 3.57 Å². The van der Waals surface area contributed by atoms with E-state index in [0.29, 0.717) is 5.69 Å². The zero-order valence-corrected chi connectivity index (χ0v) is 9.16. The molecule has 0 saturated heterocycles. The fourth-order valence-electron chi connectivity index (χ4n) is 0.982. The summed E-state index contributed by atoms with van der Waals surface area (Å²) in [6.07, 6.45) is -2.93. The second kappa shape index (κ2) is 4.11. The van der Waals surface area contributed by atoms with Gasteiger partial charge in [0.1, 0.15) is 0 Å². The first-order chi connectivity index (χ1) is 6.43. The lowest BCUT2D eigenvalue weighted by Gasteiger charge is -2.03. The summed E-state index contributed by atoms with van der Waals surface area (Å²) in [5.41, 5.74) is -1.03. The van der Waals surface area contributed by atoms with Gasteiger partial charge >= 0.3 is 5.69 Å². The predicted molar refractivity (Wildman–Crippen MR) is 53.3 cm³/mol. The molecule has 0 aromatic carbocycles. The molecule has 76 valence electrons. The highest BCUT2D eigenvalue weighted by Crippen LogP contribution is 2.31. The average Bonchev–Trinajstić information content (AvgIpc) is 2.01. The van der Waals surface area contributed by atoms with Crippen molar-refractivity contribution in [1.82, 2.24) is 4.98 Å². The molecule has 0 fully saturated rings. The van der Waals surface area contributed by atoms with Gasteiger partial charge in [-0.1, -0.05) is 0 Å². The third-order valence-electron chi connectivity index (χ3n) is 1.49. The van der Waals surface area contributed by atoms with Crippen molar-refractivity contribution in [3.05, 3.63) is 31.1 Å². The van der Waals surface area contributed by atoms with Crippen LogP contribution >= 0.6 is 22.6 Å². The van der Waals surface area contributed by atoms with Crippen LogP contribution in [0.15, 0.2) is 6.07 Å². The van der Waals surface area contributed by atoms with Crippen molar-refractivity contribution in [1.29, 1.82) is 0 Å². The summed E-state index contributed by atoms with van der Waals surface area (Å²) in [4.78, 5) is 13.1. The topological polar surface area (TPSA) is 56.0 Å². The van der Waals surface area contributed by atoms with Crippen LogP contribution in [0.4, 0.5) is 14.5 Å². The van der Waals surface area contributed by atoms with Crippen LogP contribution in [0.1, 0.15) is 17.8 Å². The molecule has 1 aromatic heterocycles. The third-order valence-corrected chi connectivity index (χ3v) is 2.31. The molecule has 0 atom stereocenters. The minimum Gasteiger partial charge on any atom is -0.258 e. The summed E-state index contributed by atoms with van der Waals surface area (Å²) in [6, 6.07) is 1.39. The second-order valence-corrected chi connectivity index (χ2v) is 3.70. The van der Waals surface area contributed by atoms with Crippen LogP contribution in [0.3, 0.4) is 0 Å². The molecule has 0 bridgehead atoms. The Morgan fingerprint density at radius 2 is 2.21 bits per heavy atom. The molecule has 1 heterocycles. The molecule has 0 N–H and O–H groups in total. The SMILES string of the molecule is Cc1cc(I)c([N+](=O)[O-])c(C(F)F)n1. The van der Waals surface area contributed by atoms with Gasteiger partial charge in [-0.2, -0.15) is 0 Å². The molecule has 0 aliphatic rings. The number of alkyl halides is 2. The van der Waals surface area contributed by atoms with Gasteiger partial charge in [-0.25, -0.2) is 13.8 Å². The number of hydrogen-bond acceptors (Lipinski definition) is 3. The molecule has 0 aliphatic carbocycles. The van der Waals surface area contributed by atoms with Crippen LogP contribution in [-0.4, -0.2) is 9.91 Å². The first kappa shape index (κ1) is 11.2. The predicted octanol–water partition coefficient (Wildman–Crippen LogP) is 2.84. The number of nitrogens with zero attached hydrogens (tertiary/aromatic N) is 2. The Labute approximate surface area is 91.6 Å². The Balaban J connectivity index is 3.44. The Morgan fingerprint density at radius 1 is 1.64 bits per heavy atom. The van der Waals surface area contributed by atoms with E-state index in [1.165, 1.54) is 13.0 Å². The maximum atomic E-state index is 12.4. The van der Waals surface area contributed by atoms with E-state index in [0.717, 1.165) is 0 Å². The van der Waals surface area contributed by atoms with Crippen LogP contribution in [0.5, 0.6) is 0 Å². The van der Waals surface area contributed by atoms with Crippen molar-refractivity contribution in [3.8, 4) is 0 Å². The summed E-state index contributed by atoms with van der Waals surface area (Å²) < 4.78 is 24.9. The van der Waals surface area contributed by atoms with Crippen LogP contribution in [0.25, 0.3) is 0 Å². The Hall–Kier alpha value is -0.860. The summed E-state index contributed by atoms with van der Waals surface area (Å²) in [6.45, 7) is 1.51. The summed E-state index contributed by atoms with van der Waals surface area (Å²) in [5.74, 6) is 0. The minimum absolute atomic E-state index is 0.176. The summed E-state index contributed by atoms with van der Waals surface area (Å²) >= 11 is 1.65. The van der Waals surface area contributed by atoms with Crippen molar-refractivity contribution >= 4 is 28.3 Å². The number of nitro groups is 1. The van der Waals surface area contributed by atoms with Gasteiger partial charge < -0.3 is 0 Å². The number of aryl methyl sites for hydroxylation is 1. The van der Waals surface area contributed by atoms with Crippen molar-refractivity contribution in [3.63, 3.8) is 0 Å². The molecule has 1 aromatic rings. The molecular weight excluding hydrogens is 309 g/mol. The van der Waals surface area contributed by atoms with E-state index in [4.69, 9.17) is 0 Å². The largest absolute Gasteiger partial charge is 0.309 e. The van der Waals surface area contributed by atoms with Gasteiger partial charge in [0.05, 0.1) is 8.49 Å². The monoisotopic (exact) mass is 314 g/mol. The summed E-state index contributed by atoms with van der Waals surface area (Å²) in [5, 5.41) is 10.5. The van der Waals surface area contributed by atoms with Crippen molar-refractivity contribution in [2.75, 3.05) is 0 Å². The van der Waals surface area contributed by atoms with Gasteiger partial charge in [0.25, 0.3) is 6.43 Å². The average molecular weight is 314 g/mol. The molecular formula is C7H5F2IN2O2. The first-order valence-corrected chi connectivity index (χ1v) is 4.61. The number of pyridine rings is 1. The maximum absolute atomic E-state index is 12.4. The molecule has 14 heavy (non-hydrogen) atoms. The Bertz CT molecular complexity index is 384. The highest BCUT2D eigenvalue weighted by Gasteiger charge is 2.26. The number of rotatable bonds is 2. The lowest BCUT2D eigenvalue weighted by Crippen LogP contribution is -2.03. The molecule has 0 radical (unpaired) electrons. The zero-order chi connectivity index (χ0) is 10.9. The fourth-order valence-corrected chi connectivity index (χ4v) is 1.91. The van der Waals surface area contributed by atoms with E-state index in [1.807, 2.05) is 0 Å². The molecule has 0 aliphatic heterocycles. The van der Waals surface area contributed by atoms with Crippen LogP contribution in [-0.2, 0) is 0 Å². The second-order valence-electron chi connectivity index (χ2n) is 2.54. The number of aromatic nitrogens is 1. The summed E-state index contributed by atoms with van der Waals surface area (Å²) in [7, 11) is 0. The highest BCUT2D eigenvalue weighted by molar-refractivity contribution is 14.1. The molecule has 4 nitrogen and oxygen atoms in total. The smallest absolute Gasteiger partial charge is 0.258 e. The Kier molecular flexibility index (Phi) is 3.29. The van der Waals surface area contributed by atoms with Gasteiger partial charge in [0, 0.05) is 5.69 Å². The quantitative estimate of drug-likeness (QED) is 0.479. The van der Waals surface area contributed by atoms with Crippen molar-refractivity contribution < 1.29 is 13.7 Å². The van der Waals surface area contributed by atoms with E-state index in [9.17, 15) is 18.9 Å². The van der Waals surface area contributed by atoms with Gasteiger partial charge in [0.15, 0.2) is 5.69 Å². The maximum Gasteiger partial charge on any atom is 0.309 e. The van der Waals surface area contributed by atoms with Crippen LogP contribution in [0.2, 0.25) is 0 Å². The van der Waals surface area contributed by atoms with E-state index in [1.54, 1.807) is 22.6 Å². The molecule has 1 rings (SSSR count). The zero-order valence-electron chi connectivity index (χ0n) is 7.00. The highest BCUT2D eigenvalue weighted by atomic mass is 127. The van der Waals surface area contributed by atoms with Crippen LogP contribution in [0, 0.1) is 20.6 Å². The molecule has 0 spiro atoms. The van der Waals surface area contributed by atoms with Gasteiger partial charge in [0.2, 0.25) is 0 Å². The van der Waals surface area contributed by atoms with Crippen molar-refractivity contribution in [2.24, 2.45) is 0 Å². The van der Waals surface area contributed by atoms with Gasteiger partial charge in [-0.3, -0.25) is 10.1 Å². The van der Waals surface area contributed by atoms with E-state index >= 15 is 0 Å². The van der Waals surface area contributed by atoms with Gasteiger partial charge in [-0.15, -0.1) is 0 Å². The molecule has 0 unspecified atom stereocenters. The molecule has 0 amide bonds. The number of halogens is 3. The third kappa shape index (κ3) is 2.14. The first-order valence-electron chi connectivity index (χ1n) is 3.53. The van der Waals surface area contributed by atoms with E-state index in [2.05, 4.69) is 4.98 Å². The fraction of sp³-hybridized carbons (Fsp3) is 0.286. The van der Waals surface area contributed by atoms with Crippen LogP contribution < -0.4 is 0 Å². The molecule has 0 saturated carbocycles.